The molecule has 1 heterocycles. The molecular weight excluding hydrogens is 251 g/mol. The Morgan fingerprint density at radius 2 is 2.22 bits per heavy atom. The Morgan fingerprint density at radius 3 is 2.83 bits per heavy atom. The molecule has 0 aliphatic heterocycles. The largest absolute Gasteiger partial charge is 0.364 e. The number of nitrogens with zero attached hydrogens (tertiary/aromatic N) is 2. The van der Waals surface area contributed by atoms with Crippen molar-refractivity contribution in [2.75, 3.05) is 16.9 Å². The van der Waals surface area contributed by atoms with Crippen molar-refractivity contribution < 1.29 is 4.39 Å². The Bertz CT molecular complexity index is 514. The number of para-hydroxylation sites is 1. The van der Waals surface area contributed by atoms with Crippen molar-refractivity contribution in [2.45, 2.75) is 13.5 Å². The van der Waals surface area contributed by atoms with E-state index in [0.717, 1.165) is 11.4 Å². The number of thiazole rings is 1. The van der Waals surface area contributed by atoms with Crippen molar-refractivity contribution in [2.24, 2.45) is 5.84 Å². The molecule has 4 nitrogen and oxygen atoms in total. The summed E-state index contributed by atoms with van der Waals surface area (Å²) in [5, 5.41) is 0.662. The lowest BCUT2D eigenvalue weighted by molar-refractivity contribution is 0.618. The van der Waals surface area contributed by atoms with Crippen molar-refractivity contribution in [1.29, 1.82) is 0 Å². The molecule has 0 radical (unpaired) electrons. The van der Waals surface area contributed by atoms with Gasteiger partial charge in [-0.25, -0.2) is 15.2 Å². The fourth-order valence-electron chi connectivity index (χ4n) is 1.71. The lowest BCUT2D eigenvalue weighted by Crippen LogP contribution is -2.22. The quantitative estimate of drug-likeness (QED) is 0.645. The fourth-order valence-corrected chi connectivity index (χ4v) is 2.45. The summed E-state index contributed by atoms with van der Waals surface area (Å²) < 4.78 is 13.7. The lowest BCUT2D eigenvalue weighted by Gasteiger charge is -2.22. The van der Waals surface area contributed by atoms with E-state index in [0.29, 0.717) is 17.4 Å². The summed E-state index contributed by atoms with van der Waals surface area (Å²) >= 11 is 1.47. The average molecular weight is 266 g/mol. The van der Waals surface area contributed by atoms with Crippen LogP contribution in [0.5, 0.6) is 0 Å². The van der Waals surface area contributed by atoms with Gasteiger partial charge in [-0.3, -0.25) is 5.43 Å². The van der Waals surface area contributed by atoms with Crippen molar-refractivity contribution in [3.8, 4) is 0 Å². The maximum atomic E-state index is 13.7. The van der Waals surface area contributed by atoms with Crippen LogP contribution < -0.4 is 16.2 Å². The molecule has 0 aliphatic rings. The van der Waals surface area contributed by atoms with E-state index < -0.39 is 0 Å². The normalized spacial score (nSPS) is 10.4. The van der Waals surface area contributed by atoms with E-state index in [1.54, 1.807) is 18.3 Å². The highest BCUT2D eigenvalue weighted by molar-refractivity contribution is 7.15. The maximum Gasteiger partial charge on any atom is 0.197 e. The third-order valence-corrected chi connectivity index (χ3v) is 3.51. The summed E-state index contributed by atoms with van der Waals surface area (Å²) in [7, 11) is 0. The van der Waals surface area contributed by atoms with E-state index in [1.165, 1.54) is 17.4 Å². The molecule has 0 amide bonds. The minimum atomic E-state index is -0.207. The number of hydrogen-bond donors (Lipinski definition) is 2. The van der Waals surface area contributed by atoms with Crippen LogP contribution in [0.15, 0.2) is 30.5 Å². The first-order valence-electron chi connectivity index (χ1n) is 5.65. The van der Waals surface area contributed by atoms with Gasteiger partial charge >= 0.3 is 0 Å². The lowest BCUT2D eigenvalue weighted by atomic mass is 10.2. The van der Waals surface area contributed by atoms with E-state index in [4.69, 9.17) is 5.84 Å². The van der Waals surface area contributed by atoms with Gasteiger partial charge in [-0.05, 0) is 19.1 Å². The molecule has 96 valence electrons. The average Bonchev–Trinajstić information content (AvgIpc) is 2.85. The molecule has 0 saturated carbocycles. The standard InChI is InChI=1S/C12H15FN4S/c1-2-17(11-6-4-3-5-10(11)13)8-9-7-15-12(16-14)18-9/h3-7H,2,8,14H2,1H3,(H,15,16). The highest BCUT2D eigenvalue weighted by Crippen LogP contribution is 2.24. The summed E-state index contributed by atoms with van der Waals surface area (Å²) in [5.74, 6) is 5.08. The highest BCUT2D eigenvalue weighted by atomic mass is 32.1. The molecule has 1 aromatic carbocycles. The predicted molar refractivity (Wildman–Crippen MR) is 73.0 cm³/mol. The van der Waals surface area contributed by atoms with Crippen LogP contribution >= 0.6 is 11.3 Å². The number of nitrogen functional groups attached to an aromatic ring is 1. The Balaban J connectivity index is 2.17. The summed E-state index contributed by atoms with van der Waals surface area (Å²) in [4.78, 5) is 7.10. The predicted octanol–water partition coefficient (Wildman–Crippen LogP) is 2.59. The van der Waals surface area contributed by atoms with Crippen molar-refractivity contribution >= 4 is 22.2 Å². The molecule has 0 unspecified atom stereocenters. The van der Waals surface area contributed by atoms with Crippen LogP contribution in [0.25, 0.3) is 0 Å². The Morgan fingerprint density at radius 1 is 1.44 bits per heavy atom. The van der Waals surface area contributed by atoms with Crippen molar-refractivity contribution in [1.82, 2.24) is 4.98 Å². The molecule has 0 spiro atoms. The van der Waals surface area contributed by atoms with Crippen LogP contribution in [0, 0.1) is 5.82 Å². The van der Waals surface area contributed by atoms with Crippen LogP contribution in [0.3, 0.4) is 0 Å². The summed E-state index contributed by atoms with van der Waals surface area (Å²) in [6, 6.07) is 6.77. The SMILES string of the molecule is CCN(Cc1cnc(NN)s1)c1ccccc1F. The third-order valence-electron chi connectivity index (χ3n) is 2.60. The Labute approximate surface area is 109 Å². The smallest absolute Gasteiger partial charge is 0.197 e. The molecule has 2 rings (SSSR count). The fraction of sp³-hybridized carbons (Fsp3) is 0.250. The first-order chi connectivity index (χ1) is 8.74. The second-order valence-corrected chi connectivity index (χ2v) is 4.86. The number of benzene rings is 1. The van der Waals surface area contributed by atoms with Gasteiger partial charge in [0.2, 0.25) is 0 Å². The molecular formula is C12H15FN4S. The molecule has 1 aromatic heterocycles. The topological polar surface area (TPSA) is 54.2 Å². The molecule has 18 heavy (non-hydrogen) atoms. The zero-order valence-electron chi connectivity index (χ0n) is 10.1. The van der Waals surface area contributed by atoms with Crippen LogP contribution in [-0.4, -0.2) is 11.5 Å². The monoisotopic (exact) mass is 266 g/mol. The molecule has 0 bridgehead atoms. The first-order valence-corrected chi connectivity index (χ1v) is 6.47. The zero-order chi connectivity index (χ0) is 13.0. The Kier molecular flexibility index (Phi) is 4.11. The van der Waals surface area contributed by atoms with E-state index in [-0.39, 0.29) is 5.82 Å². The van der Waals surface area contributed by atoms with Crippen LogP contribution in [-0.2, 0) is 6.54 Å². The third kappa shape index (κ3) is 2.77. The number of hydrogen-bond acceptors (Lipinski definition) is 5. The number of hydrazine groups is 1. The number of nitrogens with two attached hydrogens (primary N) is 1. The number of aromatic nitrogens is 1. The number of anilines is 2. The summed E-state index contributed by atoms with van der Waals surface area (Å²) in [5.41, 5.74) is 3.11. The molecule has 2 aromatic rings. The second-order valence-electron chi connectivity index (χ2n) is 3.74. The molecule has 6 heteroatoms. The van der Waals surface area contributed by atoms with Gasteiger partial charge in [-0.1, -0.05) is 23.5 Å². The number of halogens is 1. The van der Waals surface area contributed by atoms with E-state index >= 15 is 0 Å². The first kappa shape index (κ1) is 12.8. The molecule has 0 atom stereocenters. The van der Waals surface area contributed by atoms with Crippen molar-refractivity contribution in [3.05, 3.63) is 41.2 Å². The van der Waals surface area contributed by atoms with Gasteiger partial charge in [-0.15, -0.1) is 0 Å². The minimum Gasteiger partial charge on any atom is -0.364 e. The van der Waals surface area contributed by atoms with Gasteiger partial charge in [0.1, 0.15) is 5.82 Å². The van der Waals surface area contributed by atoms with Gasteiger partial charge in [0.25, 0.3) is 0 Å². The van der Waals surface area contributed by atoms with Crippen molar-refractivity contribution in [3.63, 3.8) is 0 Å². The highest BCUT2D eigenvalue weighted by Gasteiger charge is 2.11. The molecule has 0 aliphatic carbocycles. The van der Waals surface area contributed by atoms with Crippen LogP contribution in [0.1, 0.15) is 11.8 Å². The van der Waals surface area contributed by atoms with Gasteiger partial charge < -0.3 is 4.90 Å². The van der Waals surface area contributed by atoms with Gasteiger partial charge in [0, 0.05) is 17.6 Å². The summed E-state index contributed by atoms with van der Waals surface area (Å²) in [6.07, 6.45) is 1.75. The van der Waals surface area contributed by atoms with Crippen LogP contribution in [0.2, 0.25) is 0 Å². The number of nitrogens with one attached hydrogen (secondary N) is 1. The molecule has 0 saturated heterocycles. The number of rotatable bonds is 5. The van der Waals surface area contributed by atoms with Crippen LogP contribution in [0.4, 0.5) is 15.2 Å². The van der Waals surface area contributed by atoms with Gasteiger partial charge in [0.05, 0.1) is 12.2 Å². The summed E-state index contributed by atoms with van der Waals surface area (Å²) in [6.45, 7) is 3.34. The van der Waals surface area contributed by atoms with E-state index in [1.807, 2.05) is 17.9 Å². The zero-order valence-corrected chi connectivity index (χ0v) is 10.9. The van der Waals surface area contributed by atoms with E-state index in [9.17, 15) is 4.39 Å². The van der Waals surface area contributed by atoms with Gasteiger partial charge in [-0.2, -0.15) is 0 Å². The molecule has 3 N–H and O–H groups in total. The molecule has 0 fully saturated rings. The minimum absolute atomic E-state index is 0.207. The van der Waals surface area contributed by atoms with E-state index in [2.05, 4.69) is 10.4 Å². The van der Waals surface area contributed by atoms with Gasteiger partial charge in [0.15, 0.2) is 5.13 Å². The Hall–Kier alpha value is -1.66. The second kappa shape index (κ2) is 5.79. The maximum absolute atomic E-state index is 13.7.